The van der Waals surface area contributed by atoms with Crippen LogP contribution in [0.5, 0.6) is 0 Å². The van der Waals surface area contributed by atoms with Crippen LogP contribution in [0.25, 0.3) is 0 Å². The van der Waals surface area contributed by atoms with E-state index in [1.807, 2.05) is 0 Å². The van der Waals surface area contributed by atoms with Crippen LogP contribution in [-0.2, 0) is 47.7 Å². The number of carbonyl (C=O) groups excluding carboxylic acids is 5. The molecule has 12 atom stereocenters. The Labute approximate surface area is 248 Å². The van der Waals surface area contributed by atoms with Gasteiger partial charge in [0.15, 0.2) is 5.78 Å². The van der Waals surface area contributed by atoms with Gasteiger partial charge in [-0.05, 0) is 50.0 Å². The second-order valence-electron chi connectivity index (χ2n) is 13.6. The molecule has 2 bridgehead atoms. The van der Waals surface area contributed by atoms with Crippen molar-refractivity contribution >= 4 is 29.7 Å². The molecule has 3 aliphatic carbocycles. The molecule has 0 aromatic carbocycles. The molecule has 2 aliphatic heterocycles. The number of Topliss-reactive ketones (excluding diaryl/α,β-unsaturated/α-hetero) is 1. The van der Waals surface area contributed by atoms with E-state index in [-0.39, 0.29) is 19.4 Å². The average Bonchev–Trinajstić information content (AvgIpc) is 3.21. The molecule has 5 rings (SSSR count). The summed E-state index contributed by atoms with van der Waals surface area (Å²) >= 11 is 0. The van der Waals surface area contributed by atoms with Crippen LogP contribution in [0, 0.1) is 34.5 Å². The molecule has 1 spiro atoms. The number of fused-ring (bicyclic) bond motifs is 2. The van der Waals surface area contributed by atoms with Crippen LogP contribution in [-0.4, -0.2) is 100 Å². The second kappa shape index (κ2) is 10.1. The Bertz CT molecular complexity index is 1290. The molecular weight excluding hydrogens is 568 g/mol. The predicted molar refractivity (Wildman–Crippen MR) is 142 cm³/mol. The molecule has 238 valence electrons. The summed E-state index contributed by atoms with van der Waals surface area (Å²) in [5.41, 5.74) is -5.56. The lowest BCUT2D eigenvalue weighted by Gasteiger charge is -2.68. The minimum atomic E-state index is -2.30. The summed E-state index contributed by atoms with van der Waals surface area (Å²) in [6.07, 6.45) is -6.41. The number of aliphatic hydroxyl groups excluding tert-OH is 3. The molecule has 0 aromatic heterocycles. The van der Waals surface area contributed by atoms with Crippen LogP contribution < -0.4 is 0 Å². The molecule has 5 fully saturated rings. The zero-order chi connectivity index (χ0) is 32.0. The number of methoxy groups -OCH3 is 1. The van der Waals surface area contributed by atoms with Gasteiger partial charge in [0.2, 0.25) is 11.7 Å². The van der Waals surface area contributed by atoms with Crippen LogP contribution >= 0.6 is 0 Å². The molecule has 0 radical (unpaired) electrons. The van der Waals surface area contributed by atoms with Gasteiger partial charge >= 0.3 is 23.9 Å². The van der Waals surface area contributed by atoms with E-state index < -0.39 is 106 Å². The molecule has 0 unspecified atom stereocenters. The third-order valence-electron chi connectivity index (χ3n) is 11.2. The maximum atomic E-state index is 13.7. The van der Waals surface area contributed by atoms with Gasteiger partial charge in [-0.1, -0.05) is 13.8 Å². The number of hydrogen-bond donors (Lipinski definition) is 3. The van der Waals surface area contributed by atoms with Crippen LogP contribution in [0.4, 0.5) is 0 Å². The summed E-state index contributed by atoms with van der Waals surface area (Å²) in [5.74, 6) is -7.31. The first kappa shape index (κ1) is 31.6. The minimum Gasteiger partial charge on any atom is -0.467 e. The summed E-state index contributed by atoms with van der Waals surface area (Å²) < 4.78 is 28.0. The molecular formula is C30H40O13. The van der Waals surface area contributed by atoms with E-state index in [0.29, 0.717) is 5.57 Å². The fourth-order valence-electron chi connectivity index (χ4n) is 9.17. The first-order valence-electron chi connectivity index (χ1n) is 14.5. The minimum absolute atomic E-state index is 0.129. The van der Waals surface area contributed by atoms with E-state index >= 15 is 0 Å². The quantitative estimate of drug-likeness (QED) is 0.215. The second-order valence-corrected chi connectivity index (χ2v) is 13.6. The van der Waals surface area contributed by atoms with Crippen molar-refractivity contribution in [2.45, 2.75) is 96.1 Å². The van der Waals surface area contributed by atoms with Crippen LogP contribution in [0.2, 0.25) is 0 Å². The van der Waals surface area contributed by atoms with Crippen molar-refractivity contribution < 1.29 is 63.0 Å². The predicted octanol–water partition coefficient (Wildman–Crippen LogP) is 0.00380. The Hall–Kier alpha value is -2.87. The Morgan fingerprint density at radius 2 is 1.74 bits per heavy atom. The van der Waals surface area contributed by atoms with Crippen LogP contribution in [0.15, 0.2) is 11.6 Å². The normalized spacial score (nSPS) is 45.3. The van der Waals surface area contributed by atoms with E-state index in [0.717, 1.165) is 13.2 Å². The lowest BCUT2D eigenvalue weighted by atomic mass is 9.37. The van der Waals surface area contributed by atoms with Crippen LogP contribution in [0.3, 0.4) is 0 Å². The Balaban J connectivity index is 1.63. The molecule has 2 saturated heterocycles. The number of ketones is 1. The molecule has 13 heteroatoms. The Kier molecular flexibility index (Phi) is 7.40. The molecule has 13 nitrogen and oxygen atoms in total. The highest BCUT2D eigenvalue weighted by atomic mass is 16.6. The molecule has 0 aromatic rings. The zero-order valence-corrected chi connectivity index (χ0v) is 25.3. The van der Waals surface area contributed by atoms with Crippen molar-refractivity contribution in [3.63, 3.8) is 0 Å². The highest BCUT2D eigenvalue weighted by Gasteiger charge is 2.85. The third kappa shape index (κ3) is 4.14. The number of ether oxygens (including phenoxy) is 5. The lowest BCUT2D eigenvalue weighted by molar-refractivity contribution is -0.298. The number of carbonyl (C=O) groups is 5. The molecule has 2 heterocycles. The average molecular weight is 609 g/mol. The molecule has 43 heavy (non-hydrogen) atoms. The largest absolute Gasteiger partial charge is 0.467 e. The number of esters is 4. The smallest absolute Gasteiger partial charge is 0.348 e. The Morgan fingerprint density at radius 1 is 1.09 bits per heavy atom. The standard InChI is InChI=1S/C30H40O13/c1-12(27(4,5)43-14(3)31)8-18(33)42-21-23-29-11-40-30(23,26(38)39-7)24(36)20(35)22(29)28(6)10-16(32)19(34)13(2)15(28)9-17(29)41-25(21)37/h8,13,15,17,19-24,34-36H,9-11H2,1-7H3/b12-8+/t13-,15-,17+,19+,20+,21+,22+,23+,24-,28-,29+,30-/m0/s1. The third-order valence-corrected chi connectivity index (χ3v) is 11.2. The Morgan fingerprint density at radius 3 is 2.35 bits per heavy atom. The molecule has 5 aliphatic rings. The summed E-state index contributed by atoms with van der Waals surface area (Å²) in [5, 5.41) is 34.1. The maximum Gasteiger partial charge on any atom is 0.348 e. The van der Waals surface area contributed by atoms with Crippen molar-refractivity contribution in [1.29, 1.82) is 0 Å². The van der Waals surface area contributed by atoms with Crippen molar-refractivity contribution in [2.75, 3.05) is 13.7 Å². The molecule has 3 N–H and O–H groups in total. The molecule has 0 amide bonds. The summed E-state index contributed by atoms with van der Waals surface area (Å²) in [6.45, 7) is 9.14. The van der Waals surface area contributed by atoms with Gasteiger partial charge in [0.25, 0.3) is 0 Å². The maximum absolute atomic E-state index is 13.7. The number of hydrogen-bond acceptors (Lipinski definition) is 13. The monoisotopic (exact) mass is 608 g/mol. The van der Waals surface area contributed by atoms with Crippen molar-refractivity contribution in [3.05, 3.63) is 11.6 Å². The first-order chi connectivity index (χ1) is 19.9. The zero-order valence-electron chi connectivity index (χ0n) is 25.3. The fourth-order valence-corrected chi connectivity index (χ4v) is 9.17. The van der Waals surface area contributed by atoms with Crippen molar-refractivity contribution in [3.8, 4) is 0 Å². The van der Waals surface area contributed by atoms with Crippen LogP contribution in [0.1, 0.15) is 54.4 Å². The fraction of sp³-hybridized carbons (Fsp3) is 0.767. The van der Waals surface area contributed by atoms with Gasteiger partial charge in [-0.15, -0.1) is 0 Å². The van der Waals surface area contributed by atoms with Gasteiger partial charge in [-0.2, -0.15) is 0 Å². The van der Waals surface area contributed by atoms with E-state index in [1.165, 1.54) is 13.8 Å². The number of rotatable bonds is 5. The topological polar surface area (TPSA) is 192 Å². The van der Waals surface area contributed by atoms with Gasteiger partial charge in [0.1, 0.15) is 23.9 Å². The van der Waals surface area contributed by atoms with Gasteiger partial charge in [0, 0.05) is 30.8 Å². The highest BCUT2D eigenvalue weighted by molar-refractivity contribution is 5.90. The van der Waals surface area contributed by atoms with Gasteiger partial charge in [-0.25, -0.2) is 14.4 Å². The van der Waals surface area contributed by atoms with Gasteiger partial charge in [0.05, 0.1) is 25.7 Å². The van der Waals surface area contributed by atoms with E-state index in [4.69, 9.17) is 23.7 Å². The van der Waals surface area contributed by atoms with E-state index in [9.17, 15) is 39.3 Å². The van der Waals surface area contributed by atoms with Crippen molar-refractivity contribution in [1.82, 2.24) is 0 Å². The first-order valence-corrected chi connectivity index (χ1v) is 14.5. The number of aliphatic hydroxyl groups is 3. The SMILES string of the molecule is COC(=O)[C@@]12OC[C@]34[C@H]([C@@H](O)[C@@H]1O)[C@@]1(C)CC(=O)[C@H](O)[C@@H](C)[C@@H]1C[C@H]3OC(=O)[C@H](OC(=O)/C=C(\C)C(C)(C)OC(C)=O)[C@@H]24. The highest BCUT2D eigenvalue weighted by Crippen LogP contribution is 2.73. The van der Waals surface area contributed by atoms with Gasteiger partial charge < -0.3 is 39.0 Å². The van der Waals surface area contributed by atoms with E-state index in [2.05, 4.69) is 0 Å². The summed E-state index contributed by atoms with van der Waals surface area (Å²) in [6, 6.07) is 0. The summed E-state index contributed by atoms with van der Waals surface area (Å²) in [4.78, 5) is 65.0. The summed E-state index contributed by atoms with van der Waals surface area (Å²) in [7, 11) is 1.07. The van der Waals surface area contributed by atoms with Crippen molar-refractivity contribution in [2.24, 2.45) is 34.5 Å². The van der Waals surface area contributed by atoms with Gasteiger partial charge in [-0.3, -0.25) is 9.59 Å². The molecule has 3 saturated carbocycles. The van der Waals surface area contributed by atoms with E-state index in [1.54, 1.807) is 27.7 Å². The lowest BCUT2D eigenvalue weighted by Crippen LogP contribution is -2.79.